The Morgan fingerprint density at radius 1 is 1.13 bits per heavy atom. The third-order valence-corrected chi connectivity index (χ3v) is 8.00. The summed E-state index contributed by atoms with van der Waals surface area (Å²) < 4.78 is 8.61. The molecule has 3 aromatic rings. The first-order valence-electron chi connectivity index (χ1n) is 10.8. The third-order valence-electron chi connectivity index (χ3n) is 6.19. The van der Waals surface area contributed by atoms with Crippen molar-refractivity contribution in [1.29, 1.82) is 0 Å². The van der Waals surface area contributed by atoms with Gasteiger partial charge in [0, 0.05) is 22.2 Å². The van der Waals surface area contributed by atoms with Crippen molar-refractivity contribution in [2.24, 2.45) is 0 Å². The Morgan fingerprint density at radius 2 is 1.90 bits per heavy atom. The van der Waals surface area contributed by atoms with E-state index in [0.29, 0.717) is 6.61 Å². The van der Waals surface area contributed by atoms with E-state index >= 15 is 0 Å². The Morgan fingerprint density at radius 3 is 2.63 bits per heavy atom. The number of piperidine rings is 1. The van der Waals surface area contributed by atoms with E-state index in [1.54, 1.807) is 0 Å². The van der Waals surface area contributed by atoms with Gasteiger partial charge < -0.3 is 14.5 Å². The normalized spacial score (nSPS) is 15.9. The fourth-order valence-corrected chi connectivity index (χ4v) is 6.11. The molecule has 4 rings (SSSR count). The van der Waals surface area contributed by atoms with Gasteiger partial charge in [-0.1, -0.05) is 24.3 Å². The second-order valence-electron chi connectivity index (χ2n) is 8.51. The van der Waals surface area contributed by atoms with Gasteiger partial charge in [-0.25, -0.2) is 0 Å². The number of likely N-dealkylation sites (tertiary alicyclic amines) is 1. The molecular formula is C25H31BrN2OS. The number of fused-ring (bicyclic) bond motifs is 1. The lowest BCUT2D eigenvalue weighted by Gasteiger charge is -2.35. The van der Waals surface area contributed by atoms with Crippen LogP contribution in [0, 0.1) is 6.92 Å². The summed E-state index contributed by atoms with van der Waals surface area (Å²) >= 11 is 5.52. The van der Waals surface area contributed by atoms with Crippen LogP contribution >= 0.6 is 27.3 Å². The van der Waals surface area contributed by atoms with Crippen LogP contribution < -0.4 is 4.74 Å². The number of aryl methyl sites for hydroxylation is 1. The van der Waals surface area contributed by atoms with Crippen LogP contribution in [0.2, 0.25) is 0 Å². The third kappa shape index (κ3) is 5.08. The number of benzene rings is 2. The maximum Gasteiger partial charge on any atom is 0.134 e. The second kappa shape index (κ2) is 9.82. The summed E-state index contributed by atoms with van der Waals surface area (Å²) in [4.78, 5) is 6.36. The Balaban J connectivity index is 1.46. The second-order valence-corrected chi connectivity index (χ2v) is 10.5. The quantitative estimate of drug-likeness (QED) is 0.399. The van der Waals surface area contributed by atoms with Crippen molar-refractivity contribution >= 4 is 37.4 Å². The van der Waals surface area contributed by atoms with Crippen LogP contribution in [-0.4, -0.2) is 49.6 Å². The topological polar surface area (TPSA) is 15.7 Å². The zero-order valence-corrected chi connectivity index (χ0v) is 20.6. The van der Waals surface area contributed by atoms with Crippen LogP contribution in [0.15, 0.2) is 46.9 Å². The van der Waals surface area contributed by atoms with E-state index in [1.165, 1.54) is 52.0 Å². The molecule has 1 aliphatic heterocycles. The average molecular weight is 488 g/mol. The minimum atomic E-state index is 0.624. The summed E-state index contributed by atoms with van der Waals surface area (Å²) in [7, 11) is 4.41. The summed E-state index contributed by atoms with van der Waals surface area (Å²) in [5, 5.41) is 1.40. The van der Waals surface area contributed by atoms with Crippen molar-refractivity contribution in [2.75, 3.05) is 33.7 Å². The summed E-state index contributed by atoms with van der Waals surface area (Å²) in [6.07, 6.45) is 3.63. The number of nitrogens with zero attached hydrogens (tertiary/aromatic N) is 2. The minimum absolute atomic E-state index is 0.624. The molecule has 0 amide bonds. The molecule has 0 spiro atoms. The van der Waals surface area contributed by atoms with Crippen molar-refractivity contribution in [2.45, 2.75) is 38.8 Å². The molecule has 5 heteroatoms. The molecule has 0 unspecified atom stereocenters. The van der Waals surface area contributed by atoms with Crippen LogP contribution in [0.1, 0.15) is 28.8 Å². The number of halogens is 1. The Kier molecular flexibility index (Phi) is 7.14. The zero-order valence-electron chi connectivity index (χ0n) is 18.2. The first-order chi connectivity index (χ1) is 14.5. The van der Waals surface area contributed by atoms with E-state index in [2.05, 4.69) is 89.2 Å². The minimum Gasteiger partial charge on any atom is -0.487 e. The molecule has 0 bridgehead atoms. The van der Waals surface area contributed by atoms with E-state index in [-0.39, 0.29) is 0 Å². The predicted molar refractivity (Wildman–Crippen MR) is 132 cm³/mol. The lowest BCUT2D eigenvalue weighted by Crippen LogP contribution is -2.42. The van der Waals surface area contributed by atoms with Crippen LogP contribution in [0.5, 0.6) is 5.75 Å². The van der Waals surface area contributed by atoms with Gasteiger partial charge in [0.2, 0.25) is 0 Å². The van der Waals surface area contributed by atoms with Gasteiger partial charge in [0.15, 0.2) is 0 Å². The summed E-state index contributed by atoms with van der Waals surface area (Å²) in [5.41, 5.74) is 2.70. The molecule has 30 heavy (non-hydrogen) atoms. The maximum absolute atomic E-state index is 6.22. The molecule has 1 aliphatic rings. The van der Waals surface area contributed by atoms with Crippen molar-refractivity contribution < 1.29 is 4.74 Å². The van der Waals surface area contributed by atoms with E-state index in [0.717, 1.165) is 29.2 Å². The Hall–Kier alpha value is -1.40. The number of hydrogen-bond donors (Lipinski definition) is 0. The molecule has 1 fully saturated rings. The van der Waals surface area contributed by atoms with Crippen LogP contribution in [-0.2, 0) is 13.0 Å². The van der Waals surface area contributed by atoms with Crippen LogP contribution in [0.3, 0.4) is 0 Å². The molecule has 3 nitrogen and oxygen atoms in total. The van der Waals surface area contributed by atoms with Gasteiger partial charge in [-0.2, -0.15) is 0 Å². The predicted octanol–water partition coefficient (Wildman–Crippen LogP) is 6.12. The number of rotatable bonds is 7. The van der Waals surface area contributed by atoms with Crippen LogP contribution in [0.25, 0.3) is 10.1 Å². The fraction of sp³-hybridized carbons (Fsp3) is 0.440. The highest BCUT2D eigenvalue weighted by Gasteiger charge is 2.21. The fourth-order valence-electron chi connectivity index (χ4n) is 4.34. The molecule has 0 radical (unpaired) electrons. The Labute approximate surface area is 192 Å². The summed E-state index contributed by atoms with van der Waals surface area (Å²) in [5.74, 6) is 0.912. The molecule has 2 aromatic carbocycles. The molecule has 2 heterocycles. The molecule has 0 aliphatic carbocycles. The van der Waals surface area contributed by atoms with Gasteiger partial charge in [-0.3, -0.25) is 0 Å². The average Bonchev–Trinajstić information content (AvgIpc) is 3.09. The van der Waals surface area contributed by atoms with Gasteiger partial charge >= 0.3 is 0 Å². The molecule has 0 atom stereocenters. The van der Waals surface area contributed by atoms with Crippen molar-refractivity contribution in [3.05, 3.63) is 62.9 Å². The van der Waals surface area contributed by atoms with Crippen molar-refractivity contribution in [1.82, 2.24) is 9.80 Å². The van der Waals surface area contributed by atoms with Gasteiger partial charge in [-0.15, -0.1) is 11.3 Å². The molecule has 0 saturated carbocycles. The van der Waals surface area contributed by atoms with Gasteiger partial charge in [-0.05, 0) is 104 Å². The van der Waals surface area contributed by atoms with E-state index in [1.807, 2.05) is 11.3 Å². The molecule has 1 saturated heterocycles. The van der Waals surface area contributed by atoms with Gasteiger partial charge in [0.1, 0.15) is 12.4 Å². The number of ether oxygens (including phenoxy) is 1. The first kappa shape index (κ1) is 21.8. The highest BCUT2D eigenvalue weighted by molar-refractivity contribution is 9.10. The highest BCUT2D eigenvalue weighted by atomic mass is 79.9. The Bertz CT molecular complexity index is 992. The number of thiophene rings is 1. The SMILES string of the molecule is Cc1ccc(OCc2sc3ccccc3c2CCN2CCC(N(C)C)CC2)c(Br)c1. The smallest absolute Gasteiger partial charge is 0.134 e. The summed E-state index contributed by atoms with van der Waals surface area (Å²) in [6, 6.07) is 15.8. The maximum atomic E-state index is 6.22. The molecular weight excluding hydrogens is 456 g/mol. The van der Waals surface area contributed by atoms with Crippen molar-refractivity contribution in [3.8, 4) is 5.75 Å². The van der Waals surface area contributed by atoms with E-state index < -0.39 is 0 Å². The summed E-state index contributed by atoms with van der Waals surface area (Å²) in [6.45, 7) is 6.25. The lowest BCUT2D eigenvalue weighted by molar-refractivity contribution is 0.146. The van der Waals surface area contributed by atoms with Gasteiger partial charge in [0.25, 0.3) is 0 Å². The molecule has 1 aromatic heterocycles. The molecule has 0 N–H and O–H groups in total. The largest absolute Gasteiger partial charge is 0.487 e. The lowest BCUT2D eigenvalue weighted by atomic mass is 10.0. The number of hydrogen-bond acceptors (Lipinski definition) is 4. The van der Waals surface area contributed by atoms with Crippen molar-refractivity contribution in [3.63, 3.8) is 0 Å². The standard InChI is InChI=1S/C25H31BrN2OS/c1-18-8-9-23(22(26)16-18)29-17-25-21(20-6-4-5-7-24(20)30-25)12-15-28-13-10-19(11-14-28)27(2)3/h4-9,16,19H,10-15,17H2,1-3H3. The monoisotopic (exact) mass is 486 g/mol. The van der Waals surface area contributed by atoms with Gasteiger partial charge in [0.05, 0.1) is 4.47 Å². The van der Waals surface area contributed by atoms with E-state index in [4.69, 9.17) is 4.74 Å². The molecule has 160 valence electrons. The first-order valence-corrected chi connectivity index (χ1v) is 12.4. The zero-order chi connectivity index (χ0) is 21.1. The van der Waals surface area contributed by atoms with E-state index in [9.17, 15) is 0 Å². The highest BCUT2D eigenvalue weighted by Crippen LogP contribution is 2.34. The van der Waals surface area contributed by atoms with Crippen LogP contribution in [0.4, 0.5) is 0 Å².